The Kier molecular flexibility index (Phi) is 6.44. The lowest BCUT2D eigenvalue weighted by molar-refractivity contribution is -0.137. The number of alkyl halides is 3. The van der Waals surface area contributed by atoms with E-state index in [1.165, 1.54) is 24.3 Å². The molecule has 0 spiro atoms. The molecule has 7 nitrogen and oxygen atoms in total. The summed E-state index contributed by atoms with van der Waals surface area (Å²) in [4.78, 5) is 28.9. The number of hydrogen-bond acceptors (Lipinski definition) is 4. The molecule has 0 atom stereocenters. The number of fused-ring (bicyclic) bond motifs is 1. The number of carbonyl (C=O) groups is 2. The molecule has 0 radical (unpaired) electrons. The van der Waals surface area contributed by atoms with Gasteiger partial charge in [0.1, 0.15) is 11.5 Å². The minimum atomic E-state index is -4.43. The predicted octanol–water partition coefficient (Wildman–Crippen LogP) is 5.26. The van der Waals surface area contributed by atoms with Crippen LogP contribution in [0.3, 0.4) is 0 Å². The summed E-state index contributed by atoms with van der Waals surface area (Å²) >= 11 is 5.89. The highest BCUT2D eigenvalue weighted by Gasteiger charge is 2.30. The van der Waals surface area contributed by atoms with E-state index in [1.807, 2.05) is 0 Å². The predicted molar refractivity (Wildman–Crippen MR) is 125 cm³/mol. The minimum Gasteiger partial charge on any atom is -0.364 e. The number of aromatic nitrogens is 3. The van der Waals surface area contributed by atoms with Crippen LogP contribution in [0.4, 0.5) is 23.2 Å². The van der Waals surface area contributed by atoms with Gasteiger partial charge in [-0.1, -0.05) is 23.7 Å². The molecule has 0 saturated heterocycles. The number of anilines is 1. The van der Waals surface area contributed by atoms with Gasteiger partial charge in [-0.05, 0) is 43.7 Å². The summed E-state index contributed by atoms with van der Waals surface area (Å²) in [7, 11) is 0. The molecule has 0 unspecified atom stereocenters. The maximum Gasteiger partial charge on any atom is 0.416 e. The number of benzene rings is 2. The Morgan fingerprint density at radius 2 is 1.78 bits per heavy atom. The third-order valence-corrected chi connectivity index (χ3v) is 5.87. The number of carbonyl (C=O) groups excluding carboxylic acids is 2. The van der Waals surface area contributed by atoms with Gasteiger partial charge in [-0.25, -0.2) is 9.37 Å². The Balaban J connectivity index is 1.66. The number of rotatable bonds is 5. The molecular formula is C24H18ClF4N5O2. The van der Waals surface area contributed by atoms with Gasteiger partial charge in [-0.15, -0.1) is 0 Å². The van der Waals surface area contributed by atoms with Crippen LogP contribution >= 0.6 is 11.6 Å². The molecule has 2 aromatic heterocycles. The third-order valence-electron chi connectivity index (χ3n) is 5.58. The molecule has 0 bridgehead atoms. The highest BCUT2D eigenvalue weighted by Crippen LogP contribution is 2.30. The maximum atomic E-state index is 14.0. The normalized spacial score (nSPS) is 11.6. The molecule has 2 amide bonds. The largest absolute Gasteiger partial charge is 0.416 e. The van der Waals surface area contributed by atoms with Gasteiger partial charge in [0.25, 0.3) is 11.8 Å². The van der Waals surface area contributed by atoms with Gasteiger partial charge in [0.15, 0.2) is 0 Å². The smallest absolute Gasteiger partial charge is 0.364 e. The molecule has 2 heterocycles. The molecule has 4 aromatic rings. The second-order valence-electron chi connectivity index (χ2n) is 8.06. The summed E-state index contributed by atoms with van der Waals surface area (Å²) in [6, 6.07) is 8.10. The number of aryl methyl sites for hydroxylation is 1. The first kappa shape index (κ1) is 25.1. The van der Waals surface area contributed by atoms with Crippen LogP contribution in [-0.2, 0) is 12.7 Å². The monoisotopic (exact) mass is 519 g/mol. The van der Waals surface area contributed by atoms with Crippen molar-refractivity contribution < 1.29 is 27.2 Å². The van der Waals surface area contributed by atoms with Crippen molar-refractivity contribution in [3.8, 4) is 0 Å². The SMILES string of the molecule is Cc1nn(Cc2ccc(C(F)(F)F)cc2)c(C)c1NC(=O)c1cc(C(N)=O)nc2cc(F)c(Cl)cc12. The number of hydrogen-bond donors (Lipinski definition) is 2. The zero-order chi connectivity index (χ0) is 26.4. The second kappa shape index (κ2) is 9.23. The van der Waals surface area contributed by atoms with Crippen LogP contribution in [-0.4, -0.2) is 26.6 Å². The summed E-state index contributed by atoms with van der Waals surface area (Å²) in [5, 5.41) is 7.08. The molecule has 12 heteroatoms. The van der Waals surface area contributed by atoms with E-state index in [2.05, 4.69) is 15.4 Å². The molecule has 36 heavy (non-hydrogen) atoms. The summed E-state index contributed by atoms with van der Waals surface area (Å²) in [5.41, 5.74) is 6.27. The highest BCUT2D eigenvalue weighted by molar-refractivity contribution is 6.31. The summed E-state index contributed by atoms with van der Waals surface area (Å²) in [6.45, 7) is 3.50. The number of primary amides is 1. The molecule has 2 aromatic carbocycles. The van der Waals surface area contributed by atoms with E-state index < -0.39 is 29.4 Å². The number of pyridine rings is 1. The fraction of sp³-hybridized carbons (Fsp3) is 0.167. The topological polar surface area (TPSA) is 103 Å². The van der Waals surface area contributed by atoms with Crippen molar-refractivity contribution in [1.82, 2.24) is 14.8 Å². The fourth-order valence-electron chi connectivity index (χ4n) is 3.72. The van der Waals surface area contributed by atoms with Crippen molar-refractivity contribution in [3.05, 3.63) is 87.1 Å². The first-order chi connectivity index (χ1) is 16.8. The summed E-state index contributed by atoms with van der Waals surface area (Å²) in [6.07, 6.45) is -4.43. The molecular weight excluding hydrogens is 502 g/mol. The molecule has 0 aliphatic heterocycles. The van der Waals surface area contributed by atoms with Crippen molar-refractivity contribution in [2.75, 3.05) is 5.32 Å². The zero-order valence-electron chi connectivity index (χ0n) is 18.9. The minimum absolute atomic E-state index is 0.00927. The number of nitrogens with one attached hydrogen (secondary N) is 1. The Hall–Kier alpha value is -3.99. The van der Waals surface area contributed by atoms with Crippen molar-refractivity contribution in [2.24, 2.45) is 5.73 Å². The van der Waals surface area contributed by atoms with Gasteiger partial charge in [0.2, 0.25) is 0 Å². The molecule has 0 fully saturated rings. The Bertz CT molecular complexity index is 1510. The van der Waals surface area contributed by atoms with E-state index in [4.69, 9.17) is 17.3 Å². The number of amides is 2. The quantitative estimate of drug-likeness (QED) is 0.351. The van der Waals surface area contributed by atoms with Crippen LogP contribution in [0.2, 0.25) is 5.02 Å². The molecule has 0 aliphatic carbocycles. The van der Waals surface area contributed by atoms with Gasteiger partial charge >= 0.3 is 6.18 Å². The van der Waals surface area contributed by atoms with Crippen LogP contribution in [0, 0.1) is 19.7 Å². The van der Waals surface area contributed by atoms with Gasteiger partial charge in [-0.3, -0.25) is 14.3 Å². The Labute approximate surface area is 206 Å². The summed E-state index contributed by atoms with van der Waals surface area (Å²) in [5.74, 6) is -2.33. The lowest BCUT2D eigenvalue weighted by Crippen LogP contribution is -2.18. The Morgan fingerprint density at radius 3 is 2.39 bits per heavy atom. The molecule has 186 valence electrons. The van der Waals surface area contributed by atoms with Crippen molar-refractivity contribution in [1.29, 1.82) is 0 Å². The first-order valence-electron chi connectivity index (χ1n) is 10.5. The standard InChI is InChI=1S/C24H18ClF4N5O2/c1-11-21(12(2)34(33-11)10-13-3-5-14(6-4-13)24(27,28)29)32-23(36)16-8-20(22(30)35)31-19-9-18(26)17(25)7-15(16)19/h3-9H,10H2,1-2H3,(H2,30,35)(H,32,36). The number of halogens is 5. The van der Waals surface area contributed by atoms with Gasteiger partial charge in [-0.2, -0.15) is 18.3 Å². The van der Waals surface area contributed by atoms with Gasteiger partial charge in [0, 0.05) is 11.5 Å². The van der Waals surface area contributed by atoms with Crippen molar-refractivity contribution >= 4 is 40.0 Å². The lowest BCUT2D eigenvalue weighted by Gasteiger charge is -2.11. The third kappa shape index (κ3) is 4.87. The lowest BCUT2D eigenvalue weighted by atomic mass is 10.1. The zero-order valence-corrected chi connectivity index (χ0v) is 19.6. The van der Waals surface area contributed by atoms with E-state index in [-0.39, 0.29) is 33.7 Å². The van der Waals surface area contributed by atoms with E-state index >= 15 is 0 Å². The molecule has 4 rings (SSSR count). The highest BCUT2D eigenvalue weighted by atomic mass is 35.5. The summed E-state index contributed by atoms with van der Waals surface area (Å²) < 4.78 is 54.0. The first-order valence-corrected chi connectivity index (χ1v) is 10.8. The van der Waals surface area contributed by atoms with E-state index in [9.17, 15) is 27.2 Å². The van der Waals surface area contributed by atoms with Crippen LogP contribution < -0.4 is 11.1 Å². The second-order valence-corrected chi connectivity index (χ2v) is 8.46. The average Bonchev–Trinajstić information content (AvgIpc) is 3.06. The maximum absolute atomic E-state index is 14.0. The van der Waals surface area contributed by atoms with E-state index in [0.717, 1.165) is 18.2 Å². The van der Waals surface area contributed by atoms with Crippen LogP contribution in [0.5, 0.6) is 0 Å². The van der Waals surface area contributed by atoms with Gasteiger partial charge < -0.3 is 11.1 Å². The number of nitrogens with two attached hydrogens (primary N) is 1. The fourth-order valence-corrected chi connectivity index (χ4v) is 3.88. The van der Waals surface area contributed by atoms with Crippen molar-refractivity contribution in [3.63, 3.8) is 0 Å². The molecule has 3 N–H and O–H groups in total. The van der Waals surface area contributed by atoms with E-state index in [0.29, 0.717) is 22.6 Å². The van der Waals surface area contributed by atoms with E-state index in [1.54, 1.807) is 18.5 Å². The number of nitrogens with zero attached hydrogens (tertiary/aromatic N) is 3. The van der Waals surface area contributed by atoms with Crippen LogP contribution in [0.25, 0.3) is 10.9 Å². The van der Waals surface area contributed by atoms with Gasteiger partial charge in [0.05, 0.1) is 45.3 Å². The molecule has 0 saturated carbocycles. The molecule has 0 aliphatic rings. The van der Waals surface area contributed by atoms with Crippen LogP contribution in [0.1, 0.15) is 43.4 Å². The average molecular weight is 520 g/mol. The Morgan fingerprint density at radius 1 is 1.11 bits per heavy atom. The van der Waals surface area contributed by atoms with Crippen molar-refractivity contribution in [2.45, 2.75) is 26.6 Å². The van der Waals surface area contributed by atoms with Crippen LogP contribution in [0.15, 0.2) is 42.5 Å².